The number of carbonyl (C=O) groups excluding carboxylic acids is 1. The second kappa shape index (κ2) is 5.94. The van der Waals surface area contributed by atoms with E-state index in [0.29, 0.717) is 0 Å². The Bertz CT molecular complexity index is 145. The molecule has 1 radical (unpaired) electrons. The standard InChI is InChI=1S/C9H17N2O2/c12-8-2-1-3-10-4-6-11(9-13)7-5-10/h9H,1-8H2. The van der Waals surface area contributed by atoms with Gasteiger partial charge in [0, 0.05) is 26.2 Å². The maximum absolute atomic E-state index is 10.4. The fraction of sp³-hybridized carbons (Fsp3) is 0.889. The van der Waals surface area contributed by atoms with E-state index in [4.69, 9.17) is 0 Å². The van der Waals surface area contributed by atoms with E-state index in [0.717, 1.165) is 52.0 Å². The highest BCUT2D eigenvalue weighted by Gasteiger charge is 2.13. The minimum Gasteiger partial charge on any atom is -0.343 e. The zero-order valence-corrected chi connectivity index (χ0v) is 7.95. The molecular weight excluding hydrogens is 168 g/mol. The Labute approximate surface area is 79.1 Å². The average Bonchev–Trinajstić information content (AvgIpc) is 2.19. The molecule has 0 saturated carbocycles. The molecular formula is C9H17N2O2. The third kappa shape index (κ3) is 3.74. The quantitative estimate of drug-likeness (QED) is 0.446. The van der Waals surface area contributed by atoms with Gasteiger partial charge in [-0.1, -0.05) is 0 Å². The lowest BCUT2D eigenvalue weighted by atomic mass is 10.2. The molecule has 0 aromatic heterocycles. The van der Waals surface area contributed by atoms with E-state index in [1.807, 2.05) is 0 Å². The van der Waals surface area contributed by atoms with E-state index < -0.39 is 0 Å². The van der Waals surface area contributed by atoms with Gasteiger partial charge < -0.3 is 4.90 Å². The molecule has 4 nitrogen and oxygen atoms in total. The van der Waals surface area contributed by atoms with Crippen molar-refractivity contribution in [3.05, 3.63) is 0 Å². The van der Waals surface area contributed by atoms with Crippen LogP contribution in [0.3, 0.4) is 0 Å². The van der Waals surface area contributed by atoms with Crippen molar-refractivity contribution < 1.29 is 9.90 Å². The first-order valence-electron chi connectivity index (χ1n) is 4.86. The molecule has 0 bridgehead atoms. The molecule has 1 saturated heterocycles. The molecule has 1 heterocycles. The molecule has 75 valence electrons. The van der Waals surface area contributed by atoms with Gasteiger partial charge >= 0.3 is 0 Å². The molecule has 0 atom stereocenters. The number of hydrogen-bond donors (Lipinski definition) is 0. The number of nitrogens with zero attached hydrogens (tertiary/aromatic N) is 2. The normalized spacial score (nSPS) is 19.0. The Hall–Kier alpha value is -0.610. The van der Waals surface area contributed by atoms with E-state index in [1.165, 1.54) is 0 Å². The van der Waals surface area contributed by atoms with E-state index in [9.17, 15) is 9.90 Å². The van der Waals surface area contributed by atoms with Crippen molar-refractivity contribution in [2.75, 3.05) is 39.3 Å². The topological polar surface area (TPSA) is 43.5 Å². The zero-order chi connectivity index (χ0) is 9.52. The highest BCUT2D eigenvalue weighted by molar-refractivity contribution is 5.47. The first-order valence-corrected chi connectivity index (χ1v) is 4.86. The van der Waals surface area contributed by atoms with Crippen molar-refractivity contribution >= 4 is 6.41 Å². The van der Waals surface area contributed by atoms with Crippen molar-refractivity contribution in [1.29, 1.82) is 0 Å². The van der Waals surface area contributed by atoms with Gasteiger partial charge in [0.1, 0.15) is 0 Å². The minimum atomic E-state index is 0.0360. The molecule has 4 heteroatoms. The highest BCUT2D eigenvalue weighted by Crippen LogP contribution is 2.01. The maximum atomic E-state index is 10.4. The third-order valence-corrected chi connectivity index (χ3v) is 2.42. The van der Waals surface area contributed by atoms with E-state index in [1.54, 1.807) is 4.90 Å². The number of hydrogen-bond acceptors (Lipinski definition) is 2. The molecule has 1 aliphatic heterocycles. The predicted molar refractivity (Wildman–Crippen MR) is 48.9 cm³/mol. The van der Waals surface area contributed by atoms with Crippen LogP contribution in [0.5, 0.6) is 0 Å². The highest BCUT2D eigenvalue weighted by atomic mass is 16.2. The molecule has 0 unspecified atom stereocenters. The van der Waals surface area contributed by atoms with Crippen LogP contribution < -0.4 is 0 Å². The summed E-state index contributed by atoms with van der Waals surface area (Å²) in [6.45, 7) is 4.63. The number of piperazine rings is 1. The van der Waals surface area contributed by atoms with Crippen LogP contribution in [0.1, 0.15) is 12.8 Å². The van der Waals surface area contributed by atoms with Crippen LogP contribution >= 0.6 is 0 Å². The summed E-state index contributed by atoms with van der Waals surface area (Å²) in [4.78, 5) is 14.5. The molecule has 1 fully saturated rings. The summed E-state index contributed by atoms with van der Waals surface area (Å²) in [6.07, 6.45) is 2.67. The lowest BCUT2D eigenvalue weighted by molar-refractivity contribution is -0.119. The van der Waals surface area contributed by atoms with Gasteiger partial charge in [-0.15, -0.1) is 0 Å². The van der Waals surface area contributed by atoms with Gasteiger partial charge in [-0.3, -0.25) is 9.69 Å². The number of rotatable bonds is 5. The van der Waals surface area contributed by atoms with Crippen molar-refractivity contribution in [3.63, 3.8) is 0 Å². The number of amides is 1. The lowest BCUT2D eigenvalue weighted by Gasteiger charge is -2.32. The summed E-state index contributed by atoms with van der Waals surface area (Å²) >= 11 is 0. The Morgan fingerprint density at radius 1 is 1.08 bits per heavy atom. The van der Waals surface area contributed by atoms with Crippen LogP contribution in [0.2, 0.25) is 0 Å². The Morgan fingerprint density at radius 3 is 2.31 bits per heavy atom. The summed E-state index contributed by atoms with van der Waals surface area (Å²) in [7, 11) is 0. The molecule has 0 spiro atoms. The molecule has 1 rings (SSSR count). The van der Waals surface area contributed by atoms with Crippen LogP contribution in [0.15, 0.2) is 0 Å². The summed E-state index contributed by atoms with van der Waals surface area (Å²) in [5.41, 5.74) is 0. The second-order valence-corrected chi connectivity index (χ2v) is 3.39. The summed E-state index contributed by atoms with van der Waals surface area (Å²) in [5.74, 6) is 0. The summed E-state index contributed by atoms with van der Waals surface area (Å²) in [5, 5.41) is 10.2. The van der Waals surface area contributed by atoms with Crippen LogP contribution in [0, 0.1) is 0 Å². The van der Waals surface area contributed by atoms with Crippen LogP contribution in [0.25, 0.3) is 0 Å². The number of unbranched alkanes of at least 4 members (excludes halogenated alkanes) is 1. The first kappa shape index (κ1) is 10.5. The molecule has 0 aromatic rings. The lowest BCUT2D eigenvalue weighted by Crippen LogP contribution is -2.45. The largest absolute Gasteiger partial charge is 0.343 e. The van der Waals surface area contributed by atoms with Gasteiger partial charge in [-0.25, -0.2) is 5.11 Å². The fourth-order valence-corrected chi connectivity index (χ4v) is 1.53. The van der Waals surface area contributed by atoms with Crippen molar-refractivity contribution in [2.24, 2.45) is 0 Å². The van der Waals surface area contributed by atoms with Gasteiger partial charge in [0.05, 0.1) is 6.61 Å². The van der Waals surface area contributed by atoms with E-state index in [-0.39, 0.29) is 6.61 Å². The Balaban J connectivity index is 2.07. The average molecular weight is 185 g/mol. The van der Waals surface area contributed by atoms with Gasteiger partial charge in [0.2, 0.25) is 6.41 Å². The van der Waals surface area contributed by atoms with Crippen LogP contribution in [0.4, 0.5) is 0 Å². The molecule has 1 amide bonds. The predicted octanol–water partition coefficient (Wildman–Crippen LogP) is -0.0289. The first-order chi connectivity index (χ1) is 6.36. The van der Waals surface area contributed by atoms with E-state index in [2.05, 4.69) is 4.90 Å². The van der Waals surface area contributed by atoms with Crippen molar-refractivity contribution in [3.8, 4) is 0 Å². The van der Waals surface area contributed by atoms with Crippen LogP contribution in [-0.2, 0) is 9.90 Å². The smallest absolute Gasteiger partial charge is 0.209 e. The fourth-order valence-electron chi connectivity index (χ4n) is 1.53. The minimum absolute atomic E-state index is 0.0360. The molecule has 13 heavy (non-hydrogen) atoms. The number of carbonyl (C=O) groups is 1. The van der Waals surface area contributed by atoms with E-state index >= 15 is 0 Å². The van der Waals surface area contributed by atoms with Gasteiger partial charge in [-0.2, -0.15) is 0 Å². The SMILES string of the molecule is [O]CCCCN1CCN(C=O)CC1. The third-order valence-electron chi connectivity index (χ3n) is 2.42. The Morgan fingerprint density at radius 2 is 1.77 bits per heavy atom. The van der Waals surface area contributed by atoms with Crippen LogP contribution in [-0.4, -0.2) is 55.5 Å². The Kier molecular flexibility index (Phi) is 4.78. The monoisotopic (exact) mass is 185 g/mol. The zero-order valence-electron chi connectivity index (χ0n) is 7.95. The maximum Gasteiger partial charge on any atom is 0.209 e. The van der Waals surface area contributed by atoms with Gasteiger partial charge in [-0.05, 0) is 19.4 Å². The van der Waals surface area contributed by atoms with Crippen molar-refractivity contribution in [2.45, 2.75) is 12.8 Å². The summed E-state index contributed by atoms with van der Waals surface area (Å²) in [6, 6.07) is 0. The summed E-state index contributed by atoms with van der Waals surface area (Å²) < 4.78 is 0. The van der Waals surface area contributed by atoms with Gasteiger partial charge in [0.15, 0.2) is 0 Å². The molecule has 1 aliphatic rings. The molecule has 0 aliphatic carbocycles. The molecule has 0 aromatic carbocycles. The van der Waals surface area contributed by atoms with Gasteiger partial charge in [0.25, 0.3) is 0 Å². The van der Waals surface area contributed by atoms with Crippen molar-refractivity contribution in [1.82, 2.24) is 9.80 Å². The molecule has 0 N–H and O–H groups in total. The second-order valence-electron chi connectivity index (χ2n) is 3.39.